The van der Waals surface area contributed by atoms with Crippen molar-refractivity contribution in [3.05, 3.63) is 46.2 Å². The molecule has 1 heterocycles. The summed E-state index contributed by atoms with van der Waals surface area (Å²) in [5.41, 5.74) is 0.819. The van der Waals surface area contributed by atoms with E-state index in [-0.39, 0.29) is 12.3 Å². The topological polar surface area (TPSA) is 46.9 Å². The Hall–Kier alpha value is -2.02. The third kappa shape index (κ3) is 4.38. The number of nitrogens with zero attached hydrogens (tertiary/aromatic N) is 2. The first-order valence-corrected chi connectivity index (χ1v) is 8.93. The lowest BCUT2D eigenvalue weighted by atomic mass is 9.95. The van der Waals surface area contributed by atoms with Crippen LogP contribution in [-0.4, -0.2) is 15.7 Å². The van der Waals surface area contributed by atoms with Crippen molar-refractivity contribution in [1.82, 2.24) is 9.78 Å². The maximum absolute atomic E-state index is 13.2. The summed E-state index contributed by atoms with van der Waals surface area (Å²) in [6.45, 7) is 0.293. The van der Waals surface area contributed by atoms with Gasteiger partial charge in [0.1, 0.15) is 0 Å². The molecule has 1 aromatic carbocycles. The Bertz CT molecular complexity index is 801. The van der Waals surface area contributed by atoms with Crippen LogP contribution in [0.5, 0.6) is 0 Å². The van der Waals surface area contributed by atoms with Crippen LogP contribution in [0.4, 0.5) is 18.9 Å². The number of halogens is 4. The van der Waals surface area contributed by atoms with E-state index in [0.29, 0.717) is 47.8 Å². The minimum absolute atomic E-state index is 0.197. The number of rotatable bonds is 5. The standard InChI is InChI=1S/C18H19ClF3N3O/c19-12-5-3-6-13(11-12)23-16(26)9-4-10-25-15-8-2-1-7-14(15)17(24-25)18(20,21)22/h3,5-6,11H,1-2,4,7-10H2,(H,23,26). The summed E-state index contributed by atoms with van der Waals surface area (Å²) in [6.07, 6.45) is -1.18. The SMILES string of the molecule is O=C(CCCn1nc(C(F)(F)F)c2c1CCCC2)Nc1cccc(Cl)c1. The molecule has 0 fully saturated rings. The van der Waals surface area contributed by atoms with Gasteiger partial charge in [-0.15, -0.1) is 0 Å². The second kappa shape index (κ2) is 7.70. The van der Waals surface area contributed by atoms with E-state index in [1.54, 1.807) is 24.3 Å². The Morgan fingerprint density at radius 3 is 2.77 bits per heavy atom. The number of aromatic nitrogens is 2. The molecular formula is C18H19ClF3N3O. The highest BCUT2D eigenvalue weighted by atomic mass is 35.5. The van der Waals surface area contributed by atoms with E-state index in [4.69, 9.17) is 11.6 Å². The molecule has 140 valence electrons. The molecule has 2 aromatic rings. The Balaban J connectivity index is 1.61. The number of fused-ring (bicyclic) bond motifs is 1. The number of benzene rings is 1. The van der Waals surface area contributed by atoms with E-state index in [1.807, 2.05) is 0 Å². The van der Waals surface area contributed by atoms with Gasteiger partial charge < -0.3 is 5.32 Å². The van der Waals surface area contributed by atoms with Gasteiger partial charge in [-0.25, -0.2) is 0 Å². The van der Waals surface area contributed by atoms with E-state index in [1.165, 1.54) is 4.68 Å². The molecule has 4 nitrogen and oxygen atoms in total. The number of amides is 1. The fraction of sp³-hybridized carbons (Fsp3) is 0.444. The summed E-state index contributed by atoms with van der Waals surface area (Å²) in [5.74, 6) is -0.204. The number of hydrogen-bond acceptors (Lipinski definition) is 2. The maximum atomic E-state index is 13.2. The molecule has 0 radical (unpaired) electrons. The average molecular weight is 386 g/mol. The molecule has 1 aliphatic rings. The summed E-state index contributed by atoms with van der Waals surface area (Å²) in [4.78, 5) is 12.0. The molecule has 1 aliphatic carbocycles. The first kappa shape index (κ1) is 18.8. The number of aryl methyl sites for hydroxylation is 1. The second-order valence-corrected chi connectivity index (χ2v) is 6.80. The molecule has 26 heavy (non-hydrogen) atoms. The molecule has 3 rings (SSSR count). The highest BCUT2D eigenvalue weighted by molar-refractivity contribution is 6.30. The predicted molar refractivity (Wildman–Crippen MR) is 93.2 cm³/mol. The van der Waals surface area contributed by atoms with Crippen LogP contribution in [0.1, 0.15) is 42.6 Å². The van der Waals surface area contributed by atoms with Crippen LogP contribution in [0.3, 0.4) is 0 Å². The van der Waals surface area contributed by atoms with Gasteiger partial charge in [-0.05, 0) is 50.3 Å². The third-order valence-corrected chi connectivity index (χ3v) is 4.64. The van der Waals surface area contributed by atoms with Crippen LogP contribution in [0, 0.1) is 0 Å². The molecule has 0 bridgehead atoms. The summed E-state index contributed by atoms with van der Waals surface area (Å²) in [6, 6.07) is 6.80. The van der Waals surface area contributed by atoms with E-state index in [0.717, 1.165) is 12.8 Å². The van der Waals surface area contributed by atoms with Crippen LogP contribution in [-0.2, 0) is 30.4 Å². The Morgan fingerprint density at radius 1 is 1.27 bits per heavy atom. The summed E-state index contributed by atoms with van der Waals surface area (Å²) >= 11 is 5.86. The number of hydrogen-bond donors (Lipinski definition) is 1. The summed E-state index contributed by atoms with van der Waals surface area (Å²) in [7, 11) is 0. The lowest BCUT2D eigenvalue weighted by Gasteiger charge is -2.14. The van der Waals surface area contributed by atoms with Crippen LogP contribution >= 0.6 is 11.6 Å². The van der Waals surface area contributed by atoms with Crippen molar-refractivity contribution < 1.29 is 18.0 Å². The van der Waals surface area contributed by atoms with Crippen LogP contribution < -0.4 is 5.32 Å². The molecule has 1 N–H and O–H groups in total. The number of anilines is 1. The van der Waals surface area contributed by atoms with Crippen LogP contribution in [0.25, 0.3) is 0 Å². The normalized spacial score (nSPS) is 14.2. The van der Waals surface area contributed by atoms with Crippen molar-refractivity contribution in [1.29, 1.82) is 0 Å². The van der Waals surface area contributed by atoms with Gasteiger partial charge in [-0.3, -0.25) is 9.48 Å². The quantitative estimate of drug-likeness (QED) is 0.799. The van der Waals surface area contributed by atoms with Crippen molar-refractivity contribution in [2.45, 2.75) is 51.2 Å². The molecule has 1 aromatic heterocycles. The molecule has 0 spiro atoms. The Kier molecular flexibility index (Phi) is 5.55. The van der Waals surface area contributed by atoms with Crippen molar-refractivity contribution in [3.8, 4) is 0 Å². The van der Waals surface area contributed by atoms with Gasteiger partial charge in [0.25, 0.3) is 0 Å². The van der Waals surface area contributed by atoms with Crippen LogP contribution in [0.15, 0.2) is 24.3 Å². The van der Waals surface area contributed by atoms with E-state index >= 15 is 0 Å². The zero-order chi connectivity index (χ0) is 18.7. The lowest BCUT2D eigenvalue weighted by Crippen LogP contribution is -2.14. The van der Waals surface area contributed by atoms with Gasteiger partial charge in [0.15, 0.2) is 5.69 Å². The zero-order valence-electron chi connectivity index (χ0n) is 14.1. The van der Waals surface area contributed by atoms with Gasteiger partial charge >= 0.3 is 6.18 Å². The van der Waals surface area contributed by atoms with Crippen molar-refractivity contribution >= 4 is 23.2 Å². The highest BCUT2D eigenvalue weighted by Crippen LogP contribution is 2.35. The number of carbonyl (C=O) groups is 1. The van der Waals surface area contributed by atoms with Crippen molar-refractivity contribution in [2.24, 2.45) is 0 Å². The highest BCUT2D eigenvalue weighted by Gasteiger charge is 2.39. The minimum atomic E-state index is -4.43. The first-order chi connectivity index (χ1) is 12.3. The monoisotopic (exact) mass is 385 g/mol. The third-order valence-electron chi connectivity index (χ3n) is 4.41. The van der Waals surface area contributed by atoms with Gasteiger partial charge in [0, 0.05) is 34.9 Å². The average Bonchev–Trinajstić information content (AvgIpc) is 2.94. The molecular weight excluding hydrogens is 367 g/mol. The fourth-order valence-electron chi connectivity index (χ4n) is 3.26. The summed E-state index contributed by atoms with van der Waals surface area (Å²) < 4.78 is 40.9. The smallest absolute Gasteiger partial charge is 0.326 e. The van der Waals surface area contributed by atoms with Gasteiger partial charge in [0.05, 0.1) is 0 Å². The van der Waals surface area contributed by atoms with Crippen molar-refractivity contribution in [2.75, 3.05) is 5.32 Å². The van der Waals surface area contributed by atoms with E-state index < -0.39 is 11.9 Å². The Labute approximate surface area is 154 Å². The molecule has 0 aliphatic heterocycles. The molecule has 0 unspecified atom stereocenters. The molecule has 0 saturated heterocycles. The van der Waals surface area contributed by atoms with Crippen molar-refractivity contribution in [3.63, 3.8) is 0 Å². The molecule has 0 saturated carbocycles. The predicted octanol–water partition coefficient (Wildman–Crippen LogP) is 4.85. The van der Waals surface area contributed by atoms with Gasteiger partial charge in [-0.2, -0.15) is 18.3 Å². The zero-order valence-corrected chi connectivity index (χ0v) is 14.8. The molecule has 8 heteroatoms. The number of nitrogens with one attached hydrogen (secondary N) is 1. The first-order valence-electron chi connectivity index (χ1n) is 8.56. The van der Waals surface area contributed by atoms with E-state index in [9.17, 15) is 18.0 Å². The number of alkyl halides is 3. The van der Waals surface area contributed by atoms with E-state index in [2.05, 4.69) is 10.4 Å². The molecule has 0 atom stereocenters. The summed E-state index contributed by atoms with van der Waals surface area (Å²) in [5, 5.41) is 7.04. The largest absolute Gasteiger partial charge is 0.435 e. The van der Waals surface area contributed by atoms with Crippen LogP contribution in [0.2, 0.25) is 5.02 Å². The minimum Gasteiger partial charge on any atom is -0.326 e. The maximum Gasteiger partial charge on any atom is 0.435 e. The Morgan fingerprint density at radius 2 is 2.04 bits per heavy atom. The fourth-order valence-corrected chi connectivity index (χ4v) is 3.45. The molecule has 1 amide bonds. The number of carbonyl (C=O) groups excluding carboxylic acids is 1. The lowest BCUT2D eigenvalue weighted by molar-refractivity contribution is -0.142. The van der Waals surface area contributed by atoms with Gasteiger partial charge in [-0.1, -0.05) is 17.7 Å². The second-order valence-electron chi connectivity index (χ2n) is 6.36. The van der Waals surface area contributed by atoms with Gasteiger partial charge in [0.2, 0.25) is 5.91 Å².